The number of benzene rings is 1. The summed E-state index contributed by atoms with van der Waals surface area (Å²) in [6.07, 6.45) is 4.20. The number of carbonyl (C=O) groups is 1. The third-order valence-corrected chi connectivity index (χ3v) is 3.09. The van der Waals surface area contributed by atoms with Crippen LogP contribution in [0.25, 0.3) is 10.9 Å². The number of halogens is 1. The zero-order valence-electron chi connectivity index (χ0n) is 9.22. The Balaban J connectivity index is 2.46. The van der Waals surface area contributed by atoms with Crippen molar-refractivity contribution in [3.63, 3.8) is 0 Å². The number of aromatic amines is 1. The predicted octanol–water partition coefficient (Wildman–Crippen LogP) is 3.98. The molecule has 1 heterocycles. The quantitative estimate of drug-likeness (QED) is 0.799. The molecule has 0 unspecified atom stereocenters. The number of unbranched alkanes of at least 4 members (excludes halogenated alkanes) is 1. The van der Waals surface area contributed by atoms with Crippen LogP contribution in [0.5, 0.6) is 0 Å². The topological polar surface area (TPSA) is 32.9 Å². The van der Waals surface area contributed by atoms with Crippen molar-refractivity contribution in [2.75, 3.05) is 0 Å². The van der Waals surface area contributed by atoms with Crippen LogP contribution in [0, 0.1) is 0 Å². The van der Waals surface area contributed by atoms with Crippen molar-refractivity contribution in [2.24, 2.45) is 0 Å². The van der Waals surface area contributed by atoms with E-state index in [-0.39, 0.29) is 0 Å². The Morgan fingerprint density at radius 2 is 2.25 bits per heavy atom. The highest BCUT2D eigenvalue weighted by Crippen LogP contribution is 2.25. The van der Waals surface area contributed by atoms with Crippen LogP contribution in [-0.4, -0.2) is 11.3 Å². The van der Waals surface area contributed by atoms with Gasteiger partial charge in [-0.1, -0.05) is 31.0 Å². The molecule has 2 nitrogen and oxygen atoms in total. The number of carbonyl (C=O) groups excluding carboxylic acids is 1. The van der Waals surface area contributed by atoms with Crippen molar-refractivity contribution in [3.05, 3.63) is 34.5 Å². The maximum absolute atomic E-state index is 10.9. The van der Waals surface area contributed by atoms with Crippen molar-refractivity contribution < 1.29 is 4.79 Å². The smallest absolute Gasteiger partial charge is 0.153 e. The van der Waals surface area contributed by atoms with E-state index in [2.05, 4.69) is 24.0 Å². The molecule has 84 valence electrons. The summed E-state index contributed by atoms with van der Waals surface area (Å²) in [5.74, 6) is 0. The molecule has 0 aliphatic heterocycles. The largest absolute Gasteiger partial charge is 0.345 e. The van der Waals surface area contributed by atoms with Crippen molar-refractivity contribution >= 4 is 28.8 Å². The number of H-pyrrole nitrogens is 1. The van der Waals surface area contributed by atoms with Gasteiger partial charge in [0.15, 0.2) is 6.29 Å². The van der Waals surface area contributed by atoms with Gasteiger partial charge >= 0.3 is 0 Å². The van der Waals surface area contributed by atoms with E-state index in [1.54, 1.807) is 0 Å². The molecule has 2 aromatic rings. The number of aldehydes is 1. The Hall–Kier alpha value is -1.28. The van der Waals surface area contributed by atoms with E-state index in [0.717, 1.165) is 23.6 Å². The fourth-order valence-electron chi connectivity index (χ4n) is 1.88. The molecule has 0 bridgehead atoms. The molecule has 2 rings (SSSR count). The van der Waals surface area contributed by atoms with Gasteiger partial charge in [0.2, 0.25) is 0 Å². The summed E-state index contributed by atoms with van der Waals surface area (Å²) in [4.78, 5) is 13.9. The van der Waals surface area contributed by atoms with Crippen molar-refractivity contribution in [3.8, 4) is 0 Å². The minimum atomic E-state index is 0.428. The number of aryl methyl sites for hydroxylation is 1. The number of nitrogens with one attached hydrogen (secondary N) is 1. The fourth-order valence-corrected chi connectivity index (χ4v) is 2.13. The molecule has 0 spiro atoms. The van der Waals surface area contributed by atoms with E-state index in [9.17, 15) is 4.79 Å². The molecule has 0 fully saturated rings. The molecule has 1 aromatic heterocycles. The second-order valence-corrected chi connectivity index (χ2v) is 4.33. The van der Waals surface area contributed by atoms with E-state index in [1.807, 2.05) is 6.07 Å². The maximum Gasteiger partial charge on any atom is 0.153 e. The third-order valence-electron chi connectivity index (χ3n) is 2.79. The van der Waals surface area contributed by atoms with E-state index in [1.165, 1.54) is 18.4 Å². The number of hydrogen-bond donors (Lipinski definition) is 1. The summed E-state index contributed by atoms with van der Waals surface area (Å²) in [6.45, 7) is 2.17. The van der Waals surface area contributed by atoms with Gasteiger partial charge in [0.25, 0.3) is 0 Å². The summed E-state index contributed by atoms with van der Waals surface area (Å²) in [5.41, 5.74) is 2.75. The van der Waals surface area contributed by atoms with E-state index in [0.29, 0.717) is 10.7 Å². The molecule has 0 saturated heterocycles. The first-order valence-corrected chi connectivity index (χ1v) is 5.89. The van der Waals surface area contributed by atoms with Gasteiger partial charge in [-0.2, -0.15) is 0 Å². The number of aromatic nitrogens is 1. The molecular formula is C13H14ClNO. The van der Waals surface area contributed by atoms with E-state index < -0.39 is 0 Å². The molecule has 1 N–H and O–H groups in total. The van der Waals surface area contributed by atoms with Gasteiger partial charge < -0.3 is 4.98 Å². The second-order valence-electron chi connectivity index (χ2n) is 3.95. The Morgan fingerprint density at radius 1 is 1.44 bits per heavy atom. The van der Waals surface area contributed by atoms with Gasteiger partial charge in [-0.15, -0.1) is 0 Å². The average Bonchev–Trinajstić information content (AvgIpc) is 2.61. The molecule has 0 radical (unpaired) electrons. The van der Waals surface area contributed by atoms with E-state index in [4.69, 9.17) is 11.6 Å². The van der Waals surface area contributed by atoms with Crippen molar-refractivity contribution in [2.45, 2.75) is 26.2 Å². The zero-order valence-corrected chi connectivity index (χ0v) is 9.97. The molecule has 0 amide bonds. The van der Waals surface area contributed by atoms with Crippen LogP contribution in [0.3, 0.4) is 0 Å². The number of fused-ring (bicyclic) bond motifs is 1. The highest BCUT2D eigenvalue weighted by molar-refractivity contribution is 6.34. The van der Waals surface area contributed by atoms with Gasteiger partial charge in [-0.05, 0) is 30.5 Å². The molecule has 1 aromatic carbocycles. The van der Waals surface area contributed by atoms with Gasteiger partial charge in [-0.3, -0.25) is 4.79 Å². The minimum absolute atomic E-state index is 0.428. The molecule has 0 atom stereocenters. The summed E-state index contributed by atoms with van der Waals surface area (Å²) in [6, 6.07) is 6.12. The lowest BCUT2D eigenvalue weighted by molar-refractivity contribution is 0.112. The normalized spacial score (nSPS) is 10.9. The van der Waals surface area contributed by atoms with Gasteiger partial charge in [0, 0.05) is 10.9 Å². The van der Waals surface area contributed by atoms with Crippen LogP contribution in [0.1, 0.15) is 35.7 Å². The summed E-state index contributed by atoms with van der Waals surface area (Å²) >= 11 is 5.94. The van der Waals surface area contributed by atoms with Crippen molar-refractivity contribution in [1.82, 2.24) is 4.98 Å². The summed E-state index contributed by atoms with van der Waals surface area (Å²) in [7, 11) is 0. The van der Waals surface area contributed by atoms with Crippen molar-refractivity contribution in [1.29, 1.82) is 0 Å². The second kappa shape index (κ2) is 4.71. The first kappa shape index (κ1) is 11.2. The highest BCUT2D eigenvalue weighted by Gasteiger charge is 2.09. The lowest BCUT2D eigenvalue weighted by Crippen LogP contribution is -1.85. The first-order chi connectivity index (χ1) is 7.76. The zero-order chi connectivity index (χ0) is 11.5. The van der Waals surface area contributed by atoms with Crippen LogP contribution in [0.4, 0.5) is 0 Å². The molecule has 16 heavy (non-hydrogen) atoms. The molecule has 0 aliphatic rings. The highest BCUT2D eigenvalue weighted by atomic mass is 35.5. The fraction of sp³-hybridized carbons (Fsp3) is 0.308. The molecular weight excluding hydrogens is 222 g/mol. The lowest BCUT2D eigenvalue weighted by atomic mass is 10.1. The van der Waals surface area contributed by atoms with Gasteiger partial charge in [0.1, 0.15) is 5.15 Å². The number of hydrogen-bond acceptors (Lipinski definition) is 1. The average molecular weight is 236 g/mol. The summed E-state index contributed by atoms with van der Waals surface area (Å²) < 4.78 is 0. The minimum Gasteiger partial charge on any atom is -0.345 e. The Kier molecular flexibility index (Phi) is 3.30. The van der Waals surface area contributed by atoms with Crippen LogP contribution in [0.2, 0.25) is 5.15 Å². The Labute approximate surface area is 99.6 Å². The van der Waals surface area contributed by atoms with Gasteiger partial charge in [-0.25, -0.2) is 0 Å². The SMILES string of the molecule is CCCCc1ccc2[nH]c(Cl)c(C=O)c2c1. The summed E-state index contributed by atoms with van der Waals surface area (Å²) in [5, 5.41) is 1.35. The van der Waals surface area contributed by atoms with Crippen LogP contribution in [-0.2, 0) is 6.42 Å². The predicted molar refractivity (Wildman–Crippen MR) is 67.3 cm³/mol. The van der Waals surface area contributed by atoms with Gasteiger partial charge in [0.05, 0.1) is 5.56 Å². The van der Waals surface area contributed by atoms with Crippen LogP contribution >= 0.6 is 11.6 Å². The monoisotopic (exact) mass is 235 g/mol. The number of rotatable bonds is 4. The Morgan fingerprint density at radius 3 is 2.94 bits per heavy atom. The van der Waals surface area contributed by atoms with Crippen LogP contribution < -0.4 is 0 Å². The molecule has 3 heteroatoms. The lowest BCUT2D eigenvalue weighted by Gasteiger charge is -2.00. The standard InChI is InChI=1S/C13H14ClNO/c1-2-3-4-9-5-6-12-10(7-9)11(8-16)13(14)15-12/h5-8,15H,2-4H2,1H3. The van der Waals surface area contributed by atoms with E-state index >= 15 is 0 Å². The molecule has 0 saturated carbocycles. The molecule has 0 aliphatic carbocycles. The third kappa shape index (κ3) is 1.98. The maximum atomic E-state index is 10.9. The first-order valence-electron chi connectivity index (χ1n) is 5.51. The van der Waals surface area contributed by atoms with Crippen LogP contribution in [0.15, 0.2) is 18.2 Å². The Bertz CT molecular complexity index is 516.